The summed E-state index contributed by atoms with van der Waals surface area (Å²) in [5.41, 5.74) is 5.64. The highest BCUT2D eigenvalue weighted by molar-refractivity contribution is 8.15. The van der Waals surface area contributed by atoms with Gasteiger partial charge in [0.05, 0.1) is 37.1 Å². The Kier molecular flexibility index (Phi) is 11.2. The van der Waals surface area contributed by atoms with Crippen molar-refractivity contribution in [3.8, 4) is 0 Å². The van der Waals surface area contributed by atoms with Crippen molar-refractivity contribution in [3.63, 3.8) is 0 Å². The molecule has 2 atom stereocenters. The number of nitrogens with one attached hydrogen (secondary N) is 2. The zero-order valence-electron chi connectivity index (χ0n) is 29.3. The highest BCUT2D eigenvalue weighted by Crippen LogP contribution is 2.41. The highest BCUT2D eigenvalue weighted by Gasteiger charge is 2.39. The number of hydrogen-bond acceptors (Lipinski definition) is 8. The van der Waals surface area contributed by atoms with Gasteiger partial charge in [0.25, 0.3) is 0 Å². The first-order valence-electron chi connectivity index (χ1n) is 17.6. The van der Waals surface area contributed by atoms with Crippen molar-refractivity contribution < 1.29 is 19.1 Å². The zero-order valence-corrected chi connectivity index (χ0v) is 30.1. The Labute approximate surface area is 313 Å². The summed E-state index contributed by atoms with van der Waals surface area (Å²) in [6.07, 6.45) is 1.71. The number of amides is 3. The highest BCUT2D eigenvalue weighted by atomic mass is 32.2. The summed E-state index contributed by atoms with van der Waals surface area (Å²) in [4.78, 5) is 54.1. The van der Waals surface area contributed by atoms with Crippen LogP contribution in [0.3, 0.4) is 0 Å². The van der Waals surface area contributed by atoms with Gasteiger partial charge in [-0.1, -0.05) is 90.6 Å². The van der Waals surface area contributed by atoms with E-state index in [-0.39, 0.29) is 17.7 Å². The molecule has 0 radical (unpaired) electrons. The molecule has 2 saturated heterocycles. The van der Waals surface area contributed by atoms with Gasteiger partial charge < -0.3 is 20.3 Å². The molecular weight excluding hydrogens is 685 g/mol. The van der Waals surface area contributed by atoms with Crippen LogP contribution in [0.5, 0.6) is 0 Å². The Hall–Kier alpha value is -5.78. The van der Waals surface area contributed by atoms with Gasteiger partial charge in [-0.25, -0.2) is 4.99 Å². The van der Waals surface area contributed by atoms with Crippen molar-refractivity contribution in [3.05, 3.63) is 156 Å². The summed E-state index contributed by atoms with van der Waals surface area (Å²) >= 11 is 1.39. The predicted octanol–water partition coefficient (Wildman–Crippen LogP) is 6.70. The van der Waals surface area contributed by atoms with Crippen LogP contribution in [0.25, 0.3) is 0 Å². The molecule has 53 heavy (non-hydrogen) atoms. The van der Waals surface area contributed by atoms with Gasteiger partial charge in [0.1, 0.15) is 11.3 Å². The van der Waals surface area contributed by atoms with Gasteiger partial charge in [-0.2, -0.15) is 0 Å². The number of pyridine rings is 1. The minimum absolute atomic E-state index is 0.0937. The maximum absolute atomic E-state index is 14.0. The summed E-state index contributed by atoms with van der Waals surface area (Å²) < 4.78 is 5.49. The number of benzene rings is 4. The van der Waals surface area contributed by atoms with E-state index in [9.17, 15) is 14.4 Å². The van der Waals surface area contributed by atoms with Crippen LogP contribution in [0.1, 0.15) is 40.5 Å². The summed E-state index contributed by atoms with van der Waals surface area (Å²) in [6.45, 7) is 5.07. The number of rotatable bonds is 11. The van der Waals surface area contributed by atoms with E-state index in [1.165, 1.54) is 11.8 Å². The maximum atomic E-state index is 14.0. The fraction of sp³-hybridized carbons (Fsp3) is 0.214. The quantitative estimate of drug-likeness (QED) is 0.156. The number of carbonyl (C=O) groups is 3. The molecule has 1 unspecified atom stereocenters. The smallest absolute Gasteiger partial charge is 0.247 e. The molecule has 0 bridgehead atoms. The minimum Gasteiger partial charge on any atom is -0.378 e. The van der Waals surface area contributed by atoms with E-state index >= 15 is 0 Å². The topological polar surface area (TPSA) is 116 Å². The fourth-order valence-electron chi connectivity index (χ4n) is 6.36. The lowest BCUT2D eigenvalue weighted by atomic mass is 9.90. The molecule has 2 aliphatic heterocycles. The fourth-order valence-corrected chi connectivity index (χ4v) is 7.53. The van der Waals surface area contributed by atoms with Crippen LogP contribution >= 0.6 is 11.8 Å². The molecule has 3 amide bonds. The van der Waals surface area contributed by atoms with Crippen LogP contribution in [0.2, 0.25) is 0 Å². The van der Waals surface area contributed by atoms with Gasteiger partial charge in [0, 0.05) is 30.7 Å². The molecule has 0 aliphatic carbocycles. The predicted molar refractivity (Wildman–Crippen MR) is 209 cm³/mol. The lowest BCUT2D eigenvalue weighted by molar-refractivity contribution is -0.126. The van der Waals surface area contributed by atoms with Crippen LogP contribution in [0.15, 0.2) is 139 Å². The first-order valence-corrected chi connectivity index (χ1v) is 18.5. The third-order valence-corrected chi connectivity index (χ3v) is 10.4. The average molecular weight is 725 g/mol. The normalized spacial score (nSPS) is 17.2. The van der Waals surface area contributed by atoms with E-state index < -0.39 is 17.2 Å². The summed E-state index contributed by atoms with van der Waals surface area (Å²) in [6, 6.07) is 39.2. The van der Waals surface area contributed by atoms with Gasteiger partial charge in [-0.3, -0.25) is 24.3 Å². The number of aromatic nitrogens is 1. The molecule has 0 saturated carbocycles. The van der Waals surface area contributed by atoms with Crippen molar-refractivity contribution in [1.82, 2.24) is 15.2 Å². The van der Waals surface area contributed by atoms with Gasteiger partial charge in [0.2, 0.25) is 17.7 Å². The third-order valence-electron chi connectivity index (χ3n) is 9.20. The Morgan fingerprint density at radius 2 is 1.47 bits per heavy atom. The van der Waals surface area contributed by atoms with E-state index in [1.807, 2.05) is 103 Å². The van der Waals surface area contributed by atoms with Crippen molar-refractivity contribution >= 4 is 51.7 Å². The zero-order chi connectivity index (χ0) is 36.6. The number of anilines is 2. The molecule has 2 N–H and O–H groups in total. The van der Waals surface area contributed by atoms with E-state index in [2.05, 4.69) is 32.7 Å². The van der Waals surface area contributed by atoms with E-state index in [0.29, 0.717) is 30.6 Å². The Morgan fingerprint density at radius 3 is 2.09 bits per heavy atom. The average Bonchev–Trinajstić information content (AvgIpc) is 3.50. The molecule has 3 heterocycles. The lowest BCUT2D eigenvalue weighted by Crippen LogP contribution is -2.43. The van der Waals surface area contributed by atoms with E-state index in [1.54, 1.807) is 30.2 Å². The molecule has 268 valence electrons. The summed E-state index contributed by atoms with van der Waals surface area (Å²) in [7, 11) is 0. The number of thioether (sulfide) groups is 1. The van der Waals surface area contributed by atoms with Crippen LogP contribution in [0, 0.1) is 0 Å². The van der Waals surface area contributed by atoms with Crippen molar-refractivity contribution in [2.75, 3.05) is 36.5 Å². The number of nitrogens with zero attached hydrogens (tertiary/aromatic N) is 4. The van der Waals surface area contributed by atoms with Crippen molar-refractivity contribution in [1.29, 1.82) is 0 Å². The third kappa shape index (κ3) is 8.65. The molecule has 10 nitrogen and oxygen atoms in total. The molecule has 2 fully saturated rings. The second kappa shape index (κ2) is 16.7. The number of amidine groups is 1. The number of ether oxygens (including phenoxy) is 1. The standard InChI is InChI=1S/C42H40N6O4S/c1-29(44-40(50)37(30-10-4-2-5-11-30)31-12-6-3-7-13-31)39(49)45-33-17-15-32(16-18-33)38-41(51)48(28-35-14-8-9-23-43-35)42(53-38)46-34-19-21-36(22-20-34)47-24-26-52-27-25-47/h2-23,29,37-38H,24-28H2,1H3,(H,44,50)(H,45,49)/t29-,38?/m0/s1. The first-order chi connectivity index (χ1) is 25.9. The number of morpholine rings is 1. The number of carbonyl (C=O) groups excluding carboxylic acids is 3. The van der Waals surface area contributed by atoms with Crippen LogP contribution in [-0.4, -0.2) is 65.1 Å². The van der Waals surface area contributed by atoms with Gasteiger partial charge >= 0.3 is 0 Å². The Morgan fingerprint density at radius 1 is 0.830 bits per heavy atom. The molecule has 4 aromatic carbocycles. The number of hydrogen-bond donors (Lipinski definition) is 2. The Bertz CT molecular complexity index is 2000. The summed E-state index contributed by atoms with van der Waals surface area (Å²) in [5.74, 6) is -1.27. The summed E-state index contributed by atoms with van der Waals surface area (Å²) in [5, 5.41) is 5.87. The van der Waals surface area contributed by atoms with Crippen LogP contribution in [-0.2, 0) is 25.7 Å². The molecule has 5 aromatic rings. The molecule has 11 heteroatoms. The van der Waals surface area contributed by atoms with Crippen LogP contribution in [0.4, 0.5) is 17.1 Å². The van der Waals surface area contributed by atoms with Crippen molar-refractivity contribution in [2.45, 2.75) is 30.7 Å². The SMILES string of the molecule is C[C@H](NC(=O)C(c1ccccc1)c1ccccc1)C(=O)Nc1ccc(C2SC(=Nc3ccc(N4CCOCC4)cc3)N(Cc3ccccn3)C2=O)cc1. The monoisotopic (exact) mass is 724 g/mol. The second-order valence-corrected chi connectivity index (χ2v) is 13.9. The second-order valence-electron chi connectivity index (χ2n) is 12.8. The van der Waals surface area contributed by atoms with Gasteiger partial charge in [0.15, 0.2) is 5.17 Å². The van der Waals surface area contributed by atoms with Crippen molar-refractivity contribution in [2.24, 2.45) is 4.99 Å². The van der Waals surface area contributed by atoms with E-state index in [0.717, 1.165) is 46.8 Å². The number of aliphatic imine (C=N–C) groups is 1. The van der Waals surface area contributed by atoms with Crippen LogP contribution < -0.4 is 15.5 Å². The maximum Gasteiger partial charge on any atom is 0.247 e. The Balaban J connectivity index is 1.03. The first kappa shape index (κ1) is 35.6. The lowest BCUT2D eigenvalue weighted by Gasteiger charge is -2.28. The van der Waals surface area contributed by atoms with Gasteiger partial charge in [-0.05, 0) is 72.1 Å². The van der Waals surface area contributed by atoms with Gasteiger partial charge in [-0.15, -0.1) is 0 Å². The minimum atomic E-state index is -0.800. The molecule has 0 spiro atoms. The molecule has 2 aliphatic rings. The largest absolute Gasteiger partial charge is 0.378 e. The molecule has 1 aromatic heterocycles. The molecule has 7 rings (SSSR count). The molecular formula is C42H40N6O4S. The van der Waals surface area contributed by atoms with E-state index in [4.69, 9.17) is 9.73 Å².